The second kappa shape index (κ2) is 5.14. The lowest BCUT2D eigenvalue weighted by Crippen LogP contribution is -2.19. The Morgan fingerprint density at radius 2 is 1.95 bits per heavy atom. The number of fused-ring (bicyclic) bond motifs is 1. The summed E-state index contributed by atoms with van der Waals surface area (Å²) in [5.74, 6) is 1.08. The molecule has 19 heavy (non-hydrogen) atoms. The van der Waals surface area contributed by atoms with Gasteiger partial charge in [0.05, 0.1) is 0 Å². The highest BCUT2D eigenvalue weighted by Crippen LogP contribution is 2.13. The molecule has 2 aromatic heterocycles. The third kappa shape index (κ3) is 2.60. The third-order valence-corrected chi connectivity index (χ3v) is 3.21. The molecular formula is C16H17N3. The molecule has 3 heteroatoms. The molecule has 1 aromatic carbocycles. The fourth-order valence-corrected chi connectivity index (χ4v) is 2.34. The fraction of sp³-hybridized carbons (Fsp3) is 0.188. The van der Waals surface area contributed by atoms with Crippen LogP contribution in [0, 0.1) is 0 Å². The van der Waals surface area contributed by atoms with E-state index in [2.05, 4.69) is 52.0 Å². The zero-order valence-corrected chi connectivity index (χ0v) is 11.0. The number of hydrogen-bond acceptors (Lipinski definition) is 2. The average molecular weight is 251 g/mol. The van der Waals surface area contributed by atoms with Crippen LogP contribution in [-0.2, 0) is 6.42 Å². The smallest absolute Gasteiger partial charge is 0.138 e. The Kier molecular flexibility index (Phi) is 3.19. The summed E-state index contributed by atoms with van der Waals surface area (Å²) in [4.78, 5) is 4.29. The summed E-state index contributed by atoms with van der Waals surface area (Å²) < 4.78 is 2.07. The second-order valence-corrected chi connectivity index (χ2v) is 4.80. The lowest BCUT2D eigenvalue weighted by molar-refractivity contribution is 0.781. The molecule has 0 amide bonds. The van der Waals surface area contributed by atoms with Crippen molar-refractivity contribution in [2.24, 2.45) is 0 Å². The predicted octanol–water partition coefficient (Wildman–Crippen LogP) is 3.38. The van der Waals surface area contributed by atoms with Gasteiger partial charge in [-0.15, -0.1) is 0 Å². The molecule has 0 aliphatic heterocycles. The quantitative estimate of drug-likeness (QED) is 0.770. The Balaban J connectivity index is 1.76. The minimum atomic E-state index is 0.371. The second-order valence-electron chi connectivity index (χ2n) is 4.80. The highest BCUT2D eigenvalue weighted by Gasteiger charge is 2.06. The number of anilines is 1. The molecule has 1 N–H and O–H groups in total. The minimum absolute atomic E-state index is 0.371. The van der Waals surface area contributed by atoms with E-state index in [0.717, 1.165) is 17.9 Å². The van der Waals surface area contributed by atoms with Gasteiger partial charge in [0.1, 0.15) is 11.5 Å². The Labute approximate surface area is 112 Å². The van der Waals surface area contributed by atoms with E-state index < -0.39 is 0 Å². The van der Waals surface area contributed by atoms with E-state index in [9.17, 15) is 0 Å². The van der Waals surface area contributed by atoms with Crippen LogP contribution >= 0.6 is 0 Å². The van der Waals surface area contributed by atoms with Gasteiger partial charge in [0.2, 0.25) is 0 Å². The van der Waals surface area contributed by atoms with E-state index in [1.807, 2.05) is 30.6 Å². The van der Waals surface area contributed by atoms with Crippen molar-refractivity contribution in [2.45, 2.75) is 19.4 Å². The third-order valence-electron chi connectivity index (χ3n) is 3.21. The normalized spacial score (nSPS) is 12.5. The summed E-state index contributed by atoms with van der Waals surface area (Å²) in [6, 6.07) is 17.0. The highest BCUT2D eigenvalue weighted by molar-refractivity contribution is 5.50. The van der Waals surface area contributed by atoms with Crippen LogP contribution in [0.15, 0.2) is 60.9 Å². The molecule has 0 radical (unpaired) electrons. The van der Waals surface area contributed by atoms with Gasteiger partial charge in [0.25, 0.3) is 0 Å². The number of imidazole rings is 1. The van der Waals surface area contributed by atoms with E-state index in [1.54, 1.807) is 0 Å². The van der Waals surface area contributed by atoms with Crippen molar-refractivity contribution in [1.29, 1.82) is 0 Å². The van der Waals surface area contributed by atoms with Crippen LogP contribution in [0.3, 0.4) is 0 Å². The molecule has 0 fully saturated rings. The topological polar surface area (TPSA) is 29.3 Å². The van der Waals surface area contributed by atoms with E-state index in [1.165, 1.54) is 5.56 Å². The Bertz CT molecular complexity index is 658. The molecule has 0 bridgehead atoms. The molecule has 3 aromatic rings. The van der Waals surface area contributed by atoms with Crippen molar-refractivity contribution in [2.75, 3.05) is 5.32 Å². The average Bonchev–Trinajstić information content (AvgIpc) is 2.89. The van der Waals surface area contributed by atoms with Crippen molar-refractivity contribution in [3.8, 4) is 0 Å². The van der Waals surface area contributed by atoms with Crippen LogP contribution in [0.5, 0.6) is 0 Å². The van der Waals surface area contributed by atoms with Crippen molar-refractivity contribution < 1.29 is 0 Å². The lowest BCUT2D eigenvalue weighted by atomic mass is 10.1. The summed E-state index contributed by atoms with van der Waals surface area (Å²) in [7, 11) is 0. The van der Waals surface area contributed by atoms with Crippen molar-refractivity contribution >= 4 is 11.5 Å². The van der Waals surface area contributed by atoms with Crippen LogP contribution in [0.25, 0.3) is 5.65 Å². The van der Waals surface area contributed by atoms with Gasteiger partial charge in [-0.3, -0.25) is 4.40 Å². The zero-order chi connectivity index (χ0) is 13.1. The Hall–Kier alpha value is -2.29. The lowest BCUT2D eigenvalue weighted by Gasteiger charge is -2.16. The largest absolute Gasteiger partial charge is 0.368 e. The molecule has 1 atom stereocenters. The SMILES string of the molecule is CC(Cc1ccccc1)Nc1cccc2nccn12. The van der Waals surface area contributed by atoms with Gasteiger partial charge >= 0.3 is 0 Å². The van der Waals surface area contributed by atoms with Gasteiger partial charge in [-0.05, 0) is 31.0 Å². The molecule has 96 valence electrons. The first-order valence-corrected chi connectivity index (χ1v) is 6.55. The van der Waals surface area contributed by atoms with Gasteiger partial charge in [0, 0.05) is 18.4 Å². The molecule has 0 spiro atoms. The molecule has 0 aliphatic carbocycles. The van der Waals surface area contributed by atoms with Crippen LogP contribution < -0.4 is 5.32 Å². The molecule has 2 heterocycles. The van der Waals surface area contributed by atoms with Crippen LogP contribution in [0.4, 0.5) is 5.82 Å². The molecular weight excluding hydrogens is 234 g/mol. The molecule has 0 aliphatic rings. The number of benzene rings is 1. The van der Waals surface area contributed by atoms with Crippen molar-refractivity contribution in [3.63, 3.8) is 0 Å². The van der Waals surface area contributed by atoms with Gasteiger partial charge in [-0.25, -0.2) is 4.98 Å². The molecule has 0 saturated heterocycles. The maximum absolute atomic E-state index is 4.29. The van der Waals surface area contributed by atoms with Crippen molar-refractivity contribution in [3.05, 3.63) is 66.5 Å². The molecule has 0 saturated carbocycles. The fourth-order valence-electron chi connectivity index (χ4n) is 2.34. The molecule has 3 nitrogen and oxygen atoms in total. The van der Waals surface area contributed by atoms with Gasteiger partial charge < -0.3 is 5.32 Å². The summed E-state index contributed by atoms with van der Waals surface area (Å²) in [5, 5.41) is 3.54. The summed E-state index contributed by atoms with van der Waals surface area (Å²) >= 11 is 0. The van der Waals surface area contributed by atoms with Crippen molar-refractivity contribution in [1.82, 2.24) is 9.38 Å². The Morgan fingerprint density at radius 3 is 2.79 bits per heavy atom. The van der Waals surface area contributed by atoms with E-state index in [4.69, 9.17) is 0 Å². The van der Waals surface area contributed by atoms with Gasteiger partial charge in [-0.1, -0.05) is 36.4 Å². The summed E-state index contributed by atoms with van der Waals surface area (Å²) in [6.07, 6.45) is 4.81. The maximum Gasteiger partial charge on any atom is 0.138 e. The number of aromatic nitrogens is 2. The van der Waals surface area contributed by atoms with Crippen LogP contribution in [-0.4, -0.2) is 15.4 Å². The van der Waals surface area contributed by atoms with Gasteiger partial charge in [-0.2, -0.15) is 0 Å². The van der Waals surface area contributed by atoms with Crippen LogP contribution in [0.1, 0.15) is 12.5 Å². The van der Waals surface area contributed by atoms with E-state index >= 15 is 0 Å². The first-order chi connectivity index (χ1) is 9.33. The number of nitrogens with one attached hydrogen (secondary N) is 1. The number of nitrogens with zero attached hydrogens (tertiary/aromatic N) is 2. The number of hydrogen-bond donors (Lipinski definition) is 1. The summed E-state index contributed by atoms with van der Waals surface area (Å²) in [5.41, 5.74) is 2.32. The monoisotopic (exact) mass is 251 g/mol. The zero-order valence-electron chi connectivity index (χ0n) is 11.0. The molecule has 3 rings (SSSR count). The van der Waals surface area contributed by atoms with Crippen LogP contribution in [0.2, 0.25) is 0 Å². The number of pyridine rings is 1. The highest BCUT2D eigenvalue weighted by atomic mass is 15.1. The first kappa shape index (κ1) is 11.8. The minimum Gasteiger partial charge on any atom is -0.368 e. The first-order valence-electron chi connectivity index (χ1n) is 6.55. The number of rotatable bonds is 4. The van der Waals surface area contributed by atoms with E-state index in [0.29, 0.717) is 6.04 Å². The summed E-state index contributed by atoms with van der Waals surface area (Å²) in [6.45, 7) is 2.20. The Morgan fingerprint density at radius 1 is 1.11 bits per heavy atom. The molecule has 1 unspecified atom stereocenters. The van der Waals surface area contributed by atoms with Gasteiger partial charge in [0.15, 0.2) is 0 Å². The van der Waals surface area contributed by atoms with E-state index in [-0.39, 0.29) is 0 Å². The predicted molar refractivity (Wildman–Crippen MR) is 78.4 cm³/mol. The standard InChI is InChI=1S/C16H17N3/c1-13(12-14-6-3-2-4-7-14)18-16-9-5-8-15-17-10-11-19(15)16/h2-11,13,18H,12H2,1H3. The maximum atomic E-state index is 4.29.